The second kappa shape index (κ2) is 5.96. The number of halogens is 1. The molecule has 0 radical (unpaired) electrons. The fraction of sp³-hybridized carbons (Fsp3) is 0.778. The minimum absolute atomic E-state index is 0.798. The van der Waals surface area contributed by atoms with Crippen molar-refractivity contribution in [2.45, 2.75) is 33.6 Å². The third kappa shape index (κ3) is 6.34. The van der Waals surface area contributed by atoms with Gasteiger partial charge in [0.15, 0.2) is 0 Å². The van der Waals surface area contributed by atoms with E-state index in [2.05, 4.69) is 42.8 Å². The Morgan fingerprint density at radius 2 is 2.10 bits per heavy atom. The number of allylic oxidation sites excluding steroid dienone is 2. The van der Waals surface area contributed by atoms with Gasteiger partial charge in [0.2, 0.25) is 0 Å². The van der Waals surface area contributed by atoms with Crippen molar-refractivity contribution in [1.29, 1.82) is 0 Å². The first-order chi connectivity index (χ1) is 4.66. The highest BCUT2D eigenvalue weighted by molar-refractivity contribution is 9.09. The molecule has 0 saturated heterocycles. The summed E-state index contributed by atoms with van der Waals surface area (Å²) in [5, 5.41) is 1.09. The second-order valence-electron chi connectivity index (χ2n) is 3.13. The van der Waals surface area contributed by atoms with E-state index >= 15 is 0 Å². The van der Waals surface area contributed by atoms with Gasteiger partial charge in [-0.25, -0.2) is 0 Å². The lowest BCUT2D eigenvalue weighted by molar-refractivity contribution is 0.641. The van der Waals surface area contributed by atoms with E-state index in [4.69, 9.17) is 0 Å². The van der Waals surface area contributed by atoms with Crippen molar-refractivity contribution in [1.82, 2.24) is 0 Å². The summed E-state index contributed by atoms with van der Waals surface area (Å²) in [6.45, 7) is 6.72. The highest BCUT2D eigenvalue weighted by Gasteiger charge is 1.93. The smallest absolute Gasteiger partial charge is 0.00660 e. The predicted molar refractivity (Wildman–Crippen MR) is 51.6 cm³/mol. The van der Waals surface area contributed by atoms with E-state index in [0.29, 0.717) is 0 Å². The maximum Gasteiger partial charge on any atom is 0.00660 e. The number of hydrogen-bond acceptors (Lipinski definition) is 0. The Kier molecular flexibility index (Phi) is 6.10. The fourth-order valence-corrected chi connectivity index (χ4v) is 1.26. The van der Waals surface area contributed by atoms with Crippen molar-refractivity contribution in [2.24, 2.45) is 5.92 Å². The summed E-state index contributed by atoms with van der Waals surface area (Å²) in [6.07, 6.45) is 4.72. The molecule has 0 aliphatic carbocycles. The predicted octanol–water partition coefficient (Wildman–Crippen LogP) is 3.76. The molecule has 0 bridgehead atoms. The summed E-state index contributed by atoms with van der Waals surface area (Å²) < 4.78 is 0. The van der Waals surface area contributed by atoms with Gasteiger partial charge < -0.3 is 0 Å². The average Bonchev–Trinajstić information content (AvgIpc) is 1.82. The zero-order valence-electron chi connectivity index (χ0n) is 7.15. The second-order valence-corrected chi connectivity index (χ2v) is 3.92. The minimum Gasteiger partial charge on any atom is -0.0925 e. The van der Waals surface area contributed by atoms with E-state index in [0.717, 1.165) is 11.2 Å². The lowest BCUT2D eigenvalue weighted by Crippen LogP contribution is -1.87. The van der Waals surface area contributed by atoms with E-state index in [-0.39, 0.29) is 0 Å². The Balaban J connectivity index is 3.49. The van der Waals surface area contributed by atoms with E-state index in [1.165, 1.54) is 18.4 Å². The molecular formula is C9H17Br. The van der Waals surface area contributed by atoms with Crippen LogP contribution in [0.1, 0.15) is 33.6 Å². The standard InChI is InChI=1S/C9H17Br/c1-8(2)7-9(3)5-4-6-10/h5,8H,4,6-7H2,1-3H3. The number of rotatable bonds is 4. The molecule has 0 aliphatic rings. The van der Waals surface area contributed by atoms with Gasteiger partial charge in [-0.05, 0) is 25.7 Å². The van der Waals surface area contributed by atoms with Gasteiger partial charge in [-0.3, -0.25) is 0 Å². The summed E-state index contributed by atoms with van der Waals surface area (Å²) in [7, 11) is 0. The Bertz CT molecular complexity index is 103. The van der Waals surface area contributed by atoms with Crippen LogP contribution in [0.3, 0.4) is 0 Å². The van der Waals surface area contributed by atoms with E-state index < -0.39 is 0 Å². The minimum atomic E-state index is 0.798. The molecule has 0 unspecified atom stereocenters. The molecule has 0 N–H and O–H groups in total. The van der Waals surface area contributed by atoms with Gasteiger partial charge in [0.1, 0.15) is 0 Å². The molecule has 0 fully saturated rings. The molecule has 1 heteroatoms. The Hall–Kier alpha value is 0.220. The molecule has 0 heterocycles. The molecule has 0 saturated carbocycles. The summed E-state index contributed by atoms with van der Waals surface area (Å²) in [6, 6.07) is 0. The maximum absolute atomic E-state index is 3.40. The van der Waals surface area contributed by atoms with Gasteiger partial charge >= 0.3 is 0 Å². The van der Waals surface area contributed by atoms with Gasteiger partial charge in [0.05, 0.1) is 0 Å². The topological polar surface area (TPSA) is 0 Å². The Labute approximate surface area is 72.8 Å². The molecule has 0 nitrogen and oxygen atoms in total. The van der Waals surface area contributed by atoms with Gasteiger partial charge in [0, 0.05) is 5.33 Å². The fourth-order valence-electron chi connectivity index (χ4n) is 1.03. The number of hydrogen-bond donors (Lipinski definition) is 0. The van der Waals surface area contributed by atoms with E-state index in [9.17, 15) is 0 Å². The van der Waals surface area contributed by atoms with Crippen LogP contribution in [0.2, 0.25) is 0 Å². The quantitative estimate of drug-likeness (QED) is 0.484. The van der Waals surface area contributed by atoms with Crippen LogP contribution in [0, 0.1) is 5.92 Å². The molecule has 0 rings (SSSR count). The van der Waals surface area contributed by atoms with Crippen LogP contribution in [0.25, 0.3) is 0 Å². The zero-order valence-corrected chi connectivity index (χ0v) is 8.74. The first kappa shape index (κ1) is 10.2. The molecule has 10 heavy (non-hydrogen) atoms. The average molecular weight is 205 g/mol. The Morgan fingerprint density at radius 1 is 1.50 bits per heavy atom. The van der Waals surface area contributed by atoms with Crippen LogP contribution in [0.5, 0.6) is 0 Å². The third-order valence-corrected chi connectivity index (χ3v) is 1.79. The van der Waals surface area contributed by atoms with Gasteiger partial charge in [-0.2, -0.15) is 0 Å². The summed E-state index contributed by atoms with van der Waals surface area (Å²) in [4.78, 5) is 0. The van der Waals surface area contributed by atoms with Crippen molar-refractivity contribution in [2.75, 3.05) is 5.33 Å². The molecule has 0 amide bonds. The lowest BCUT2D eigenvalue weighted by atomic mass is 10.0. The van der Waals surface area contributed by atoms with Gasteiger partial charge in [-0.1, -0.05) is 41.4 Å². The first-order valence-corrected chi connectivity index (χ1v) is 5.00. The summed E-state index contributed by atoms with van der Waals surface area (Å²) >= 11 is 3.40. The van der Waals surface area contributed by atoms with Crippen molar-refractivity contribution >= 4 is 15.9 Å². The van der Waals surface area contributed by atoms with Crippen molar-refractivity contribution in [3.8, 4) is 0 Å². The molecule has 0 atom stereocenters. The molecule has 0 aliphatic heterocycles. The summed E-state index contributed by atoms with van der Waals surface area (Å²) in [5.74, 6) is 0.798. The Morgan fingerprint density at radius 3 is 2.50 bits per heavy atom. The maximum atomic E-state index is 3.40. The van der Waals surface area contributed by atoms with Crippen LogP contribution in [-0.4, -0.2) is 5.33 Å². The van der Waals surface area contributed by atoms with E-state index in [1.807, 2.05) is 0 Å². The number of alkyl halides is 1. The summed E-state index contributed by atoms with van der Waals surface area (Å²) in [5.41, 5.74) is 1.52. The molecule has 0 aromatic heterocycles. The molecule has 60 valence electrons. The largest absolute Gasteiger partial charge is 0.0925 e. The lowest BCUT2D eigenvalue weighted by Gasteiger charge is -2.03. The highest BCUT2D eigenvalue weighted by atomic mass is 79.9. The zero-order chi connectivity index (χ0) is 7.98. The normalized spacial score (nSPS) is 12.7. The van der Waals surface area contributed by atoms with Crippen LogP contribution in [0.4, 0.5) is 0 Å². The molecule has 0 aromatic rings. The van der Waals surface area contributed by atoms with Crippen LogP contribution < -0.4 is 0 Å². The SMILES string of the molecule is CC(=CCCBr)CC(C)C. The molecule has 0 aromatic carbocycles. The van der Waals surface area contributed by atoms with Crippen molar-refractivity contribution in [3.63, 3.8) is 0 Å². The highest BCUT2D eigenvalue weighted by Crippen LogP contribution is 2.10. The monoisotopic (exact) mass is 204 g/mol. The third-order valence-electron chi connectivity index (χ3n) is 1.33. The van der Waals surface area contributed by atoms with E-state index in [1.54, 1.807) is 0 Å². The molecular weight excluding hydrogens is 188 g/mol. The van der Waals surface area contributed by atoms with Crippen LogP contribution >= 0.6 is 15.9 Å². The van der Waals surface area contributed by atoms with Gasteiger partial charge in [0.25, 0.3) is 0 Å². The van der Waals surface area contributed by atoms with Crippen molar-refractivity contribution in [3.05, 3.63) is 11.6 Å². The van der Waals surface area contributed by atoms with Gasteiger partial charge in [-0.15, -0.1) is 0 Å². The first-order valence-electron chi connectivity index (χ1n) is 3.88. The van der Waals surface area contributed by atoms with Crippen LogP contribution in [-0.2, 0) is 0 Å². The molecule has 0 spiro atoms. The van der Waals surface area contributed by atoms with Crippen LogP contribution in [0.15, 0.2) is 11.6 Å². The van der Waals surface area contributed by atoms with Crippen molar-refractivity contribution < 1.29 is 0 Å².